The molecule has 0 unspecified atom stereocenters. The molecule has 1 aromatic carbocycles. The molecule has 2 rings (SSSR count). The number of rotatable bonds is 10. The van der Waals surface area contributed by atoms with Crippen LogP contribution in [-0.4, -0.2) is 18.2 Å². The molecule has 3 nitrogen and oxygen atoms in total. The Morgan fingerprint density at radius 2 is 1.62 bits per heavy atom. The monoisotopic (exact) mass is 335 g/mol. The summed E-state index contributed by atoms with van der Waals surface area (Å²) in [5.74, 6) is 0.878. The third-order valence-electron chi connectivity index (χ3n) is 3.63. The predicted octanol–water partition coefficient (Wildman–Crippen LogP) is 5.70. The van der Waals surface area contributed by atoms with Gasteiger partial charge in [0.25, 0.3) is 0 Å². The minimum atomic E-state index is -2.81. The van der Waals surface area contributed by atoms with E-state index in [1.807, 2.05) is 12.1 Å². The third-order valence-corrected chi connectivity index (χ3v) is 3.63. The van der Waals surface area contributed by atoms with E-state index < -0.39 is 6.61 Å². The molecule has 0 amide bonds. The molecule has 0 fully saturated rings. The molecule has 2 aromatic rings. The van der Waals surface area contributed by atoms with Gasteiger partial charge in [0, 0.05) is 5.56 Å². The van der Waals surface area contributed by atoms with E-state index in [0.29, 0.717) is 6.61 Å². The Hall–Kier alpha value is -2.17. The number of alkyl halides is 2. The van der Waals surface area contributed by atoms with Crippen molar-refractivity contribution in [2.45, 2.75) is 45.6 Å². The zero-order chi connectivity index (χ0) is 17.2. The highest BCUT2D eigenvalue weighted by Crippen LogP contribution is 2.23. The van der Waals surface area contributed by atoms with Gasteiger partial charge in [0.2, 0.25) is 0 Å². The van der Waals surface area contributed by atoms with Gasteiger partial charge in [-0.1, -0.05) is 32.6 Å². The zero-order valence-corrected chi connectivity index (χ0v) is 13.9. The largest absolute Gasteiger partial charge is 0.492 e. The number of halogens is 2. The molecule has 1 heterocycles. The van der Waals surface area contributed by atoms with E-state index in [1.165, 1.54) is 37.8 Å². The van der Waals surface area contributed by atoms with Gasteiger partial charge in [-0.05, 0) is 42.8 Å². The standard InChI is InChI=1S/C19H23F2NO2/c1-2-3-4-5-6-13-23-17-11-12-18(22-14-17)15-7-9-16(10-8-15)24-19(20)21/h7-12,14,19H,2-6,13H2,1H3. The number of nitrogens with zero attached hydrogens (tertiary/aromatic N) is 1. The van der Waals surface area contributed by atoms with E-state index in [0.717, 1.165) is 23.4 Å². The average Bonchev–Trinajstić information content (AvgIpc) is 2.59. The first-order chi connectivity index (χ1) is 11.7. The minimum absolute atomic E-state index is 0.136. The Bertz CT molecular complexity index is 585. The highest BCUT2D eigenvalue weighted by Gasteiger charge is 2.05. The lowest BCUT2D eigenvalue weighted by Crippen LogP contribution is -2.01. The highest BCUT2D eigenvalue weighted by molar-refractivity contribution is 5.60. The number of hydrogen-bond acceptors (Lipinski definition) is 3. The van der Waals surface area contributed by atoms with Crippen LogP contribution in [0.25, 0.3) is 11.3 Å². The van der Waals surface area contributed by atoms with E-state index in [2.05, 4.69) is 16.6 Å². The summed E-state index contributed by atoms with van der Waals surface area (Å²) in [6, 6.07) is 10.1. The maximum absolute atomic E-state index is 12.1. The zero-order valence-electron chi connectivity index (χ0n) is 13.9. The SMILES string of the molecule is CCCCCCCOc1ccc(-c2ccc(OC(F)F)cc2)nc1. The van der Waals surface area contributed by atoms with Crippen LogP contribution in [0.2, 0.25) is 0 Å². The van der Waals surface area contributed by atoms with Crippen LogP contribution < -0.4 is 9.47 Å². The van der Waals surface area contributed by atoms with E-state index >= 15 is 0 Å². The average molecular weight is 335 g/mol. The topological polar surface area (TPSA) is 31.4 Å². The van der Waals surface area contributed by atoms with Gasteiger partial charge in [-0.3, -0.25) is 4.98 Å². The molecule has 0 radical (unpaired) electrons. The molecule has 0 atom stereocenters. The maximum atomic E-state index is 12.1. The van der Waals surface area contributed by atoms with E-state index in [-0.39, 0.29) is 5.75 Å². The van der Waals surface area contributed by atoms with Gasteiger partial charge in [-0.25, -0.2) is 0 Å². The molecule has 0 saturated carbocycles. The van der Waals surface area contributed by atoms with Crippen molar-refractivity contribution in [3.8, 4) is 22.8 Å². The number of hydrogen-bond donors (Lipinski definition) is 0. The minimum Gasteiger partial charge on any atom is -0.492 e. The van der Waals surface area contributed by atoms with Gasteiger partial charge in [0.15, 0.2) is 0 Å². The van der Waals surface area contributed by atoms with Crippen molar-refractivity contribution in [1.82, 2.24) is 4.98 Å². The first-order valence-corrected chi connectivity index (χ1v) is 8.33. The van der Waals surface area contributed by atoms with E-state index in [9.17, 15) is 8.78 Å². The molecule has 0 N–H and O–H groups in total. The molecule has 5 heteroatoms. The molecule has 0 bridgehead atoms. The molecular formula is C19H23F2NO2. The van der Waals surface area contributed by atoms with Crippen molar-refractivity contribution in [2.75, 3.05) is 6.61 Å². The lowest BCUT2D eigenvalue weighted by molar-refractivity contribution is -0.0498. The Morgan fingerprint density at radius 1 is 0.917 bits per heavy atom. The fourth-order valence-electron chi connectivity index (χ4n) is 2.34. The molecule has 130 valence electrons. The van der Waals surface area contributed by atoms with Gasteiger partial charge in [0.1, 0.15) is 11.5 Å². The Morgan fingerprint density at radius 3 is 2.25 bits per heavy atom. The quantitative estimate of drug-likeness (QED) is 0.522. The molecule has 0 saturated heterocycles. The normalized spacial score (nSPS) is 10.8. The first-order valence-electron chi connectivity index (χ1n) is 8.33. The van der Waals surface area contributed by atoms with Crippen LogP contribution in [0.1, 0.15) is 39.0 Å². The van der Waals surface area contributed by atoms with Crippen LogP contribution in [-0.2, 0) is 0 Å². The summed E-state index contributed by atoms with van der Waals surface area (Å²) in [7, 11) is 0. The summed E-state index contributed by atoms with van der Waals surface area (Å²) in [5, 5.41) is 0. The number of pyridine rings is 1. The second-order valence-electron chi connectivity index (χ2n) is 5.54. The van der Waals surface area contributed by atoms with Crippen LogP contribution >= 0.6 is 0 Å². The van der Waals surface area contributed by atoms with Gasteiger partial charge < -0.3 is 9.47 Å². The third kappa shape index (κ3) is 6.14. The van der Waals surface area contributed by atoms with Crippen LogP contribution in [0.5, 0.6) is 11.5 Å². The number of ether oxygens (including phenoxy) is 2. The van der Waals surface area contributed by atoms with Crippen molar-refractivity contribution < 1.29 is 18.3 Å². The lowest BCUT2D eigenvalue weighted by atomic mass is 10.1. The smallest absolute Gasteiger partial charge is 0.387 e. The number of unbranched alkanes of at least 4 members (excludes halogenated alkanes) is 4. The summed E-state index contributed by atoms with van der Waals surface area (Å²) in [6.07, 6.45) is 7.69. The summed E-state index contributed by atoms with van der Waals surface area (Å²) >= 11 is 0. The van der Waals surface area contributed by atoms with Crippen molar-refractivity contribution in [3.05, 3.63) is 42.6 Å². The predicted molar refractivity (Wildman–Crippen MR) is 90.6 cm³/mol. The molecule has 24 heavy (non-hydrogen) atoms. The fraction of sp³-hybridized carbons (Fsp3) is 0.421. The molecular weight excluding hydrogens is 312 g/mol. The van der Waals surface area contributed by atoms with Crippen LogP contribution in [0.3, 0.4) is 0 Å². The number of benzene rings is 1. The first kappa shape index (κ1) is 18.2. The van der Waals surface area contributed by atoms with Gasteiger partial charge in [-0.2, -0.15) is 8.78 Å². The van der Waals surface area contributed by atoms with Crippen molar-refractivity contribution in [1.29, 1.82) is 0 Å². The molecule has 0 aliphatic carbocycles. The summed E-state index contributed by atoms with van der Waals surface area (Å²) < 4.78 is 34.3. The van der Waals surface area contributed by atoms with Crippen molar-refractivity contribution in [3.63, 3.8) is 0 Å². The summed E-state index contributed by atoms with van der Waals surface area (Å²) in [5.41, 5.74) is 1.59. The molecule has 0 aliphatic rings. The summed E-state index contributed by atoms with van der Waals surface area (Å²) in [4.78, 5) is 4.35. The fourth-order valence-corrected chi connectivity index (χ4v) is 2.34. The highest BCUT2D eigenvalue weighted by atomic mass is 19.3. The summed E-state index contributed by atoms with van der Waals surface area (Å²) in [6.45, 7) is 0.0837. The van der Waals surface area contributed by atoms with E-state index in [1.54, 1.807) is 18.3 Å². The lowest BCUT2D eigenvalue weighted by Gasteiger charge is -2.08. The van der Waals surface area contributed by atoms with Crippen LogP contribution in [0.4, 0.5) is 8.78 Å². The van der Waals surface area contributed by atoms with Crippen molar-refractivity contribution in [2.24, 2.45) is 0 Å². The van der Waals surface area contributed by atoms with Gasteiger partial charge in [-0.15, -0.1) is 0 Å². The van der Waals surface area contributed by atoms with Gasteiger partial charge >= 0.3 is 6.61 Å². The molecule has 0 aliphatic heterocycles. The Labute approximate surface area is 141 Å². The molecule has 0 spiro atoms. The van der Waals surface area contributed by atoms with Gasteiger partial charge in [0.05, 0.1) is 18.5 Å². The van der Waals surface area contributed by atoms with Crippen LogP contribution in [0.15, 0.2) is 42.6 Å². The Balaban J connectivity index is 1.83. The molecule has 1 aromatic heterocycles. The second-order valence-corrected chi connectivity index (χ2v) is 5.54. The van der Waals surface area contributed by atoms with Crippen molar-refractivity contribution >= 4 is 0 Å². The Kier molecular flexibility index (Phi) is 7.46. The van der Waals surface area contributed by atoms with E-state index in [4.69, 9.17) is 4.74 Å². The number of aromatic nitrogens is 1. The second kappa shape index (κ2) is 9.85. The van der Waals surface area contributed by atoms with Crippen LogP contribution in [0, 0.1) is 0 Å². The maximum Gasteiger partial charge on any atom is 0.387 e.